The summed E-state index contributed by atoms with van der Waals surface area (Å²) < 4.78 is 29.1. The zero-order chi connectivity index (χ0) is 13.6. The molecule has 2 aromatic carbocycles. The first kappa shape index (κ1) is 12.3. The SMILES string of the molecule is Nc1nc2cc(I)ccc2n1-c1cc(F)cc(F)c1. The van der Waals surface area contributed by atoms with Gasteiger partial charge in [0, 0.05) is 9.64 Å². The van der Waals surface area contributed by atoms with Gasteiger partial charge >= 0.3 is 0 Å². The van der Waals surface area contributed by atoms with E-state index in [0.29, 0.717) is 16.7 Å². The fraction of sp³-hybridized carbons (Fsp3) is 0. The maximum atomic E-state index is 13.3. The summed E-state index contributed by atoms with van der Waals surface area (Å²) >= 11 is 2.16. The number of rotatable bonds is 1. The molecule has 0 aliphatic carbocycles. The number of fused-ring (bicyclic) bond motifs is 1. The van der Waals surface area contributed by atoms with Crippen molar-refractivity contribution in [1.82, 2.24) is 9.55 Å². The second-order valence-electron chi connectivity index (χ2n) is 4.07. The summed E-state index contributed by atoms with van der Waals surface area (Å²) in [6.45, 7) is 0. The summed E-state index contributed by atoms with van der Waals surface area (Å²) in [6.07, 6.45) is 0. The highest BCUT2D eigenvalue weighted by Crippen LogP contribution is 2.25. The average molecular weight is 371 g/mol. The molecule has 0 fully saturated rings. The van der Waals surface area contributed by atoms with Crippen LogP contribution in [0.25, 0.3) is 16.7 Å². The van der Waals surface area contributed by atoms with Gasteiger partial charge in [0.25, 0.3) is 0 Å². The van der Waals surface area contributed by atoms with Gasteiger partial charge in [-0.05, 0) is 52.9 Å². The van der Waals surface area contributed by atoms with Crippen LogP contribution in [-0.2, 0) is 0 Å². The van der Waals surface area contributed by atoms with Crippen LogP contribution in [-0.4, -0.2) is 9.55 Å². The Kier molecular flexibility index (Phi) is 2.89. The zero-order valence-corrected chi connectivity index (χ0v) is 11.7. The molecule has 0 atom stereocenters. The molecular formula is C13H8F2IN3. The van der Waals surface area contributed by atoms with Gasteiger partial charge in [-0.2, -0.15) is 0 Å². The van der Waals surface area contributed by atoms with Gasteiger partial charge < -0.3 is 5.73 Å². The van der Waals surface area contributed by atoms with Crippen molar-refractivity contribution in [3.63, 3.8) is 0 Å². The minimum Gasteiger partial charge on any atom is -0.369 e. The van der Waals surface area contributed by atoms with Gasteiger partial charge in [-0.1, -0.05) is 0 Å². The van der Waals surface area contributed by atoms with Crippen molar-refractivity contribution in [2.45, 2.75) is 0 Å². The molecule has 3 nitrogen and oxygen atoms in total. The quantitative estimate of drug-likeness (QED) is 0.666. The van der Waals surface area contributed by atoms with Crippen molar-refractivity contribution >= 4 is 39.6 Å². The van der Waals surface area contributed by atoms with E-state index in [1.807, 2.05) is 18.2 Å². The Morgan fingerprint density at radius 2 is 1.74 bits per heavy atom. The monoisotopic (exact) mass is 371 g/mol. The third kappa shape index (κ3) is 2.16. The van der Waals surface area contributed by atoms with E-state index in [4.69, 9.17) is 5.73 Å². The summed E-state index contributed by atoms with van der Waals surface area (Å²) in [5, 5.41) is 0. The second-order valence-corrected chi connectivity index (χ2v) is 5.31. The van der Waals surface area contributed by atoms with Crippen LogP contribution in [0.1, 0.15) is 0 Å². The largest absolute Gasteiger partial charge is 0.369 e. The van der Waals surface area contributed by atoms with E-state index in [9.17, 15) is 8.78 Å². The van der Waals surface area contributed by atoms with Crippen molar-refractivity contribution in [2.75, 3.05) is 5.73 Å². The number of halogens is 3. The molecular weight excluding hydrogens is 363 g/mol. The molecule has 0 spiro atoms. The molecule has 3 aromatic rings. The van der Waals surface area contributed by atoms with Crippen LogP contribution >= 0.6 is 22.6 Å². The number of nitrogens with two attached hydrogens (primary N) is 1. The maximum absolute atomic E-state index is 13.3. The lowest BCUT2D eigenvalue weighted by Gasteiger charge is -2.07. The predicted molar refractivity (Wildman–Crippen MR) is 78.1 cm³/mol. The van der Waals surface area contributed by atoms with E-state index < -0.39 is 11.6 Å². The minimum absolute atomic E-state index is 0.196. The van der Waals surface area contributed by atoms with Crippen LogP contribution in [0.4, 0.5) is 14.7 Å². The minimum atomic E-state index is -0.651. The molecule has 0 amide bonds. The molecule has 19 heavy (non-hydrogen) atoms. The van der Waals surface area contributed by atoms with Gasteiger partial charge in [0.05, 0.1) is 16.7 Å². The molecule has 0 unspecified atom stereocenters. The Morgan fingerprint density at radius 1 is 1.05 bits per heavy atom. The topological polar surface area (TPSA) is 43.8 Å². The molecule has 1 aromatic heterocycles. The number of nitrogens with zero attached hydrogens (tertiary/aromatic N) is 2. The van der Waals surface area contributed by atoms with Crippen molar-refractivity contribution in [2.24, 2.45) is 0 Å². The first-order valence-electron chi connectivity index (χ1n) is 5.44. The highest BCUT2D eigenvalue weighted by molar-refractivity contribution is 14.1. The number of hydrogen-bond donors (Lipinski definition) is 1. The summed E-state index contributed by atoms with van der Waals surface area (Å²) in [4.78, 5) is 4.20. The number of anilines is 1. The third-order valence-electron chi connectivity index (χ3n) is 2.75. The maximum Gasteiger partial charge on any atom is 0.205 e. The van der Waals surface area contributed by atoms with Crippen LogP contribution in [0.15, 0.2) is 36.4 Å². The Labute approximate surface area is 121 Å². The van der Waals surface area contributed by atoms with Gasteiger partial charge in [-0.25, -0.2) is 13.8 Å². The summed E-state index contributed by atoms with van der Waals surface area (Å²) in [5.41, 5.74) is 7.56. The number of nitrogen functional groups attached to an aromatic ring is 1. The van der Waals surface area contributed by atoms with Crippen molar-refractivity contribution in [3.8, 4) is 5.69 Å². The Bertz CT molecular complexity index is 763. The summed E-state index contributed by atoms with van der Waals surface area (Å²) in [6, 6.07) is 8.83. The lowest BCUT2D eigenvalue weighted by atomic mass is 10.2. The predicted octanol–water partition coefficient (Wildman–Crippen LogP) is 3.49. The molecule has 0 saturated carbocycles. The van der Waals surface area contributed by atoms with Gasteiger partial charge in [0.2, 0.25) is 5.95 Å². The first-order valence-corrected chi connectivity index (χ1v) is 6.52. The van der Waals surface area contributed by atoms with Crippen LogP contribution in [0.5, 0.6) is 0 Å². The molecule has 6 heteroatoms. The van der Waals surface area contributed by atoms with Crippen molar-refractivity contribution in [3.05, 3.63) is 51.6 Å². The van der Waals surface area contributed by atoms with Gasteiger partial charge in [-0.3, -0.25) is 4.57 Å². The van der Waals surface area contributed by atoms with Crippen molar-refractivity contribution in [1.29, 1.82) is 0 Å². The van der Waals surface area contributed by atoms with E-state index >= 15 is 0 Å². The molecule has 2 N–H and O–H groups in total. The van der Waals surface area contributed by atoms with Crippen LogP contribution in [0, 0.1) is 15.2 Å². The number of hydrogen-bond acceptors (Lipinski definition) is 2. The van der Waals surface area contributed by atoms with E-state index in [-0.39, 0.29) is 5.95 Å². The van der Waals surface area contributed by atoms with Gasteiger partial charge in [0.15, 0.2) is 0 Å². The van der Waals surface area contributed by atoms with Crippen LogP contribution < -0.4 is 5.73 Å². The first-order chi connectivity index (χ1) is 9.04. The molecule has 0 aliphatic rings. The smallest absolute Gasteiger partial charge is 0.205 e. The number of imidazole rings is 1. The molecule has 96 valence electrons. The number of benzene rings is 2. The van der Waals surface area contributed by atoms with Crippen molar-refractivity contribution < 1.29 is 8.78 Å². The van der Waals surface area contributed by atoms with E-state index in [0.717, 1.165) is 9.64 Å². The molecule has 0 saturated heterocycles. The standard InChI is InChI=1S/C13H8F2IN3/c14-7-3-8(15)5-10(4-7)19-12-2-1-9(16)6-11(12)18-13(19)17/h1-6H,(H2,17,18). The van der Waals surface area contributed by atoms with Crippen LogP contribution in [0.3, 0.4) is 0 Å². The van der Waals surface area contributed by atoms with E-state index in [2.05, 4.69) is 27.6 Å². The average Bonchev–Trinajstić information content (AvgIpc) is 2.62. The normalized spacial score (nSPS) is 11.1. The Balaban J connectivity index is 2.32. The fourth-order valence-corrected chi connectivity index (χ4v) is 2.49. The summed E-state index contributed by atoms with van der Waals surface area (Å²) in [5.74, 6) is -1.11. The lowest BCUT2D eigenvalue weighted by molar-refractivity contribution is 0.582. The van der Waals surface area contributed by atoms with Gasteiger partial charge in [-0.15, -0.1) is 0 Å². The third-order valence-corrected chi connectivity index (χ3v) is 3.42. The molecule has 0 aliphatic heterocycles. The highest BCUT2D eigenvalue weighted by Gasteiger charge is 2.12. The molecule has 3 rings (SSSR count). The lowest BCUT2D eigenvalue weighted by Crippen LogP contribution is -2.01. The number of aromatic nitrogens is 2. The van der Waals surface area contributed by atoms with Gasteiger partial charge in [0.1, 0.15) is 11.6 Å². The van der Waals surface area contributed by atoms with Crippen LogP contribution in [0.2, 0.25) is 0 Å². The van der Waals surface area contributed by atoms with E-state index in [1.54, 1.807) is 0 Å². The fourth-order valence-electron chi connectivity index (χ4n) is 2.01. The molecule has 1 heterocycles. The zero-order valence-electron chi connectivity index (χ0n) is 9.57. The molecule has 0 radical (unpaired) electrons. The Hall–Kier alpha value is -1.70. The summed E-state index contributed by atoms with van der Waals surface area (Å²) in [7, 11) is 0. The molecule has 0 bridgehead atoms. The second kappa shape index (κ2) is 4.44. The Morgan fingerprint density at radius 3 is 2.42 bits per heavy atom. The highest BCUT2D eigenvalue weighted by atomic mass is 127. The van der Waals surface area contributed by atoms with E-state index in [1.165, 1.54) is 16.7 Å².